The average Bonchev–Trinajstić information content (AvgIpc) is 2.40. The molecule has 0 saturated carbocycles. The second-order valence-corrected chi connectivity index (χ2v) is 5.52. The quantitative estimate of drug-likeness (QED) is 0.832. The zero-order valence-electron chi connectivity index (χ0n) is 10.1. The third kappa shape index (κ3) is 3.77. The van der Waals surface area contributed by atoms with Gasteiger partial charge in [-0.3, -0.25) is 0 Å². The van der Waals surface area contributed by atoms with Crippen molar-refractivity contribution in [1.82, 2.24) is 0 Å². The normalized spacial score (nSPS) is 10.6. The molecule has 2 aromatic rings. The first-order chi connectivity index (χ1) is 8.79. The first-order valence-electron chi connectivity index (χ1n) is 5.95. The summed E-state index contributed by atoms with van der Waals surface area (Å²) < 4.78 is 0. The predicted molar refractivity (Wildman–Crippen MR) is 80.2 cm³/mol. The third-order valence-corrected chi connectivity index (χ3v) is 4.08. The number of benzene rings is 2. The number of thioether (sulfide) groups is 1. The Kier molecular flexibility index (Phi) is 5.12. The van der Waals surface area contributed by atoms with Crippen LogP contribution in [-0.4, -0.2) is 6.54 Å². The Labute approximate surface area is 117 Å². The van der Waals surface area contributed by atoms with Gasteiger partial charge >= 0.3 is 0 Å². The molecule has 0 unspecified atom stereocenters. The zero-order valence-corrected chi connectivity index (χ0v) is 11.7. The molecule has 18 heavy (non-hydrogen) atoms. The van der Waals surface area contributed by atoms with Crippen LogP contribution in [0.25, 0.3) is 0 Å². The van der Waals surface area contributed by atoms with Gasteiger partial charge in [0.1, 0.15) is 0 Å². The van der Waals surface area contributed by atoms with Gasteiger partial charge in [0.2, 0.25) is 0 Å². The van der Waals surface area contributed by atoms with Crippen LogP contribution in [0, 0.1) is 0 Å². The van der Waals surface area contributed by atoms with Gasteiger partial charge in [-0.2, -0.15) is 0 Å². The van der Waals surface area contributed by atoms with Crippen LogP contribution in [0.15, 0.2) is 53.4 Å². The van der Waals surface area contributed by atoms with Crippen LogP contribution >= 0.6 is 23.4 Å². The lowest BCUT2D eigenvalue weighted by molar-refractivity contribution is 0.944. The molecule has 0 amide bonds. The topological polar surface area (TPSA) is 26.0 Å². The van der Waals surface area contributed by atoms with Gasteiger partial charge in [-0.1, -0.05) is 48.0 Å². The first-order valence-corrected chi connectivity index (χ1v) is 7.31. The van der Waals surface area contributed by atoms with Gasteiger partial charge in [0.15, 0.2) is 0 Å². The molecule has 0 saturated heterocycles. The molecular weight excluding hydrogens is 262 g/mol. The number of hydrogen-bond acceptors (Lipinski definition) is 2. The number of hydrogen-bond donors (Lipinski definition) is 1. The van der Waals surface area contributed by atoms with E-state index in [1.807, 2.05) is 30.0 Å². The molecule has 0 radical (unpaired) electrons. The van der Waals surface area contributed by atoms with E-state index in [1.54, 1.807) is 0 Å². The van der Waals surface area contributed by atoms with Crippen LogP contribution in [0.4, 0.5) is 0 Å². The molecule has 2 N–H and O–H groups in total. The van der Waals surface area contributed by atoms with Crippen molar-refractivity contribution in [1.29, 1.82) is 0 Å². The SMILES string of the molecule is NCCc1ccc(Cl)cc1SCc1ccccc1. The summed E-state index contributed by atoms with van der Waals surface area (Å²) in [7, 11) is 0. The monoisotopic (exact) mass is 277 g/mol. The molecule has 0 aliphatic carbocycles. The summed E-state index contributed by atoms with van der Waals surface area (Å²) in [4.78, 5) is 1.23. The molecular formula is C15H16ClNS. The van der Waals surface area contributed by atoms with Gasteiger partial charge in [0, 0.05) is 15.7 Å². The lowest BCUT2D eigenvalue weighted by Gasteiger charge is -2.09. The lowest BCUT2D eigenvalue weighted by atomic mass is 10.1. The Bertz CT molecular complexity index is 499. The van der Waals surface area contributed by atoms with E-state index >= 15 is 0 Å². The van der Waals surface area contributed by atoms with Crippen LogP contribution in [-0.2, 0) is 12.2 Å². The van der Waals surface area contributed by atoms with Crippen molar-refractivity contribution in [2.45, 2.75) is 17.1 Å². The van der Waals surface area contributed by atoms with Crippen molar-refractivity contribution < 1.29 is 0 Å². The molecule has 0 heterocycles. The van der Waals surface area contributed by atoms with Crippen molar-refractivity contribution >= 4 is 23.4 Å². The van der Waals surface area contributed by atoms with Crippen molar-refractivity contribution in [3.05, 3.63) is 64.7 Å². The van der Waals surface area contributed by atoms with Crippen molar-refractivity contribution in [3.8, 4) is 0 Å². The van der Waals surface area contributed by atoms with E-state index in [0.717, 1.165) is 17.2 Å². The number of halogens is 1. The molecule has 0 bridgehead atoms. The summed E-state index contributed by atoms with van der Waals surface area (Å²) in [5.74, 6) is 0.957. The Balaban J connectivity index is 2.10. The highest BCUT2D eigenvalue weighted by Gasteiger charge is 2.04. The summed E-state index contributed by atoms with van der Waals surface area (Å²) in [5.41, 5.74) is 8.23. The van der Waals surface area contributed by atoms with Crippen LogP contribution < -0.4 is 5.73 Å². The molecule has 94 valence electrons. The van der Waals surface area contributed by atoms with Crippen LogP contribution in [0.3, 0.4) is 0 Å². The number of rotatable bonds is 5. The van der Waals surface area contributed by atoms with Gasteiger partial charge in [-0.15, -0.1) is 11.8 Å². The molecule has 0 aliphatic rings. The van der Waals surface area contributed by atoms with E-state index in [9.17, 15) is 0 Å². The van der Waals surface area contributed by atoms with E-state index in [1.165, 1.54) is 16.0 Å². The molecule has 0 fully saturated rings. The molecule has 2 aromatic carbocycles. The highest BCUT2D eigenvalue weighted by Crippen LogP contribution is 2.29. The summed E-state index contributed by atoms with van der Waals surface area (Å²) in [6, 6.07) is 16.5. The van der Waals surface area contributed by atoms with Crippen LogP contribution in [0.2, 0.25) is 5.02 Å². The molecule has 2 rings (SSSR count). The summed E-state index contributed by atoms with van der Waals surface area (Å²) in [6.07, 6.45) is 0.897. The molecule has 0 spiro atoms. The van der Waals surface area contributed by atoms with Crippen LogP contribution in [0.1, 0.15) is 11.1 Å². The standard InChI is InChI=1S/C15H16ClNS/c16-14-7-6-13(8-9-17)15(10-14)18-11-12-4-2-1-3-5-12/h1-7,10H,8-9,11,17H2. The van der Waals surface area contributed by atoms with E-state index in [-0.39, 0.29) is 0 Å². The highest BCUT2D eigenvalue weighted by molar-refractivity contribution is 7.98. The van der Waals surface area contributed by atoms with Gasteiger partial charge in [0.25, 0.3) is 0 Å². The minimum absolute atomic E-state index is 0.667. The average molecular weight is 278 g/mol. The summed E-state index contributed by atoms with van der Waals surface area (Å²) in [5, 5.41) is 0.784. The largest absolute Gasteiger partial charge is 0.330 e. The van der Waals surface area contributed by atoms with E-state index in [4.69, 9.17) is 17.3 Å². The zero-order chi connectivity index (χ0) is 12.8. The Morgan fingerprint density at radius 2 is 1.83 bits per heavy atom. The van der Waals surface area contributed by atoms with E-state index in [0.29, 0.717) is 6.54 Å². The molecule has 0 atom stereocenters. The first kappa shape index (κ1) is 13.5. The second-order valence-electron chi connectivity index (χ2n) is 4.06. The molecule has 1 nitrogen and oxygen atoms in total. The van der Waals surface area contributed by atoms with Gasteiger partial charge < -0.3 is 5.73 Å². The van der Waals surface area contributed by atoms with Gasteiger partial charge in [0.05, 0.1) is 0 Å². The maximum Gasteiger partial charge on any atom is 0.0417 e. The third-order valence-electron chi connectivity index (χ3n) is 2.68. The van der Waals surface area contributed by atoms with E-state index < -0.39 is 0 Å². The predicted octanol–water partition coefficient (Wildman–Crippen LogP) is 4.13. The van der Waals surface area contributed by atoms with Crippen molar-refractivity contribution in [2.75, 3.05) is 6.54 Å². The fourth-order valence-corrected chi connectivity index (χ4v) is 3.08. The number of nitrogens with two attached hydrogens (primary N) is 1. The maximum absolute atomic E-state index is 6.05. The van der Waals surface area contributed by atoms with E-state index in [2.05, 4.69) is 30.3 Å². The Morgan fingerprint density at radius 3 is 2.56 bits per heavy atom. The van der Waals surface area contributed by atoms with Crippen molar-refractivity contribution in [3.63, 3.8) is 0 Å². The van der Waals surface area contributed by atoms with Gasteiger partial charge in [-0.05, 0) is 36.2 Å². The lowest BCUT2D eigenvalue weighted by Crippen LogP contribution is -2.03. The molecule has 3 heteroatoms. The Hall–Kier alpha value is -0.960. The molecule has 0 aliphatic heterocycles. The minimum Gasteiger partial charge on any atom is -0.330 e. The second kappa shape index (κ2) is 6.83. The summed E-state index contributed by atoms with van der Waals surface area (Å²) in [6.45, 7) is 0.667. The minimum atomic E-state index is 0.667. The fourth-order valence-electron chi connectivity index (χ4n) is 1.76. The van der Waals surface area contributed by atoms with Gasteiger partial charge in [-0.25, -0.2) is 0 Å². The fraction of sp³-hybridized carbons (Fsp3) is 0.200. The maximum atomic E-state index is 6.05. The van der Waals surface area contributed by atoms with Crippen LogP contribution in [0.5, 0.6) is 0 Å². The highest BCUT2D eigenvalue weighted by atomic mass is 35.5. The van der Waals surface area contributed by atoms with Crippen molar-refractivity contribution in [2.24, 2.45) is 5.73 Å². The smallest absolute Gasteiger partial charge is 0.0417 e. The summed E-state index contributed by atoms with van der Waals surface area (Å²) >= 11 is 7.87. The Morgan fingerprint density at radius 1 is 1.06 bits per heavy atom. The molecule has 0 aromatic heterocycles.